The third-order valence-electron chi connectivity index (χ3n) is 4.08. The maximum atomic E-state index is 11.9. The summed E-state index contributed by atoms with van der Waals surface area (Å²) in [5.41, 5.74) is 0. The first kappa shape index (κ1) is 12.7. The van der Waals surface area contributed by atoms with Crippen LogP contribution in [-0.2, 0) is 0 Å². The van der Waals surface area contributed by atoms with Gasteiger partial charge in [0.15, 0.2) is 0 Å². The van der Waals surface area contributed by atoms with E-state index in [1.54, 1.807) is 0 Å². The zero-order chi connectivity index (χ0) is 12.1. The highest BCUT2D eigenvalue weighted by atomic mass is 16.2. The SMILES string of the molecule is CC1CCNCC1NC(=O)NC1CCCCC1. The summed E-state index contributed by atoms with van der Waals surface area (Å²) < 4.78 is 0. The van der Waals surface area contributed by atoms with Crippen molar-refractivity contribution in [2.45, 2.75) is 57.5 Å². The quantitative estimate of drug-likeness (QED) is 0.686. The highest BCUT2D eigenvalue weighted by Gasteiger charge is 2.23. The van der Waals surface area contributed by atoms with Crippen LogP contribution in [0.3, 0.4) is 0 Å². The minimum Gasteiger partial charge on any atom is -0.335 e. The van der Waals surface area contributed by atoms with Crippen molar-refractivity contribution in [3.63, 3.8) is 0 Å². The molecule has 17 heavy (non-hydrogen) atoms. The van der Waals surface area contributed by atoms with Crippen LogP contribution in [0.25, 0.3) is 0 Å². The summed E-state index contributed by atoms with van der Waals surface area (Å²) in [7, 11) is 0. The monoisotopic (exact) mass is 239 g/mol. The Balaban J connectivity index is 1.72. The topological polar surface area (TPSA) is 53.2 Å². The summed E-state index contributed by atoms with van der Waals surface area (Å²) in [5, 5.41) is 9.54. The molecule has 2 aliphatic rings. The second-order valence-electron chi connectivity index (χ2n) is 5.53. The van der Waals surface area contributed by atoms with Gasteiger partial charge < -0.3 is 16.0 Å². The van der Waals surface area contributed by atoms with E-state index in [1.165, 1.54) is 19.3 Å². The fourth-order valence-corrected chi connectivity index (χ4v) is 2.83. The van der Waals surface area contributed by atoms with Gasteiger partial charge in [-0.1, -0.05) is 26.2 Å². The molecule has 2 amide bonds. The van der Waals surface area contributed by atoms with Crippen molar-refractivity contribution >= 4 is 6.03 Å². The van der Waals surface area contributed by atoms with Crippen molar-refractivity contribution in [1.29, 1.82) is 0 Å². The minimum atomic E-state index is 0.0254. The molecule has 2 rings (SSSR count). The Morgan fingerprint density at radius 2 is 1.88 bits per heavy atom. The molecule has 1 saturated heterocycles. The predicted octanol–water partition coefficient (Wildman–Crippen LogP) is 1.62. The van der Waals surface area contributed by atoms with Crippen molar-refractivity contribution in [2.75, 3.05) is 13.1 Å². The zero-order valence-corrected chi connectivity index (χ0v) is 10.8. The first-order valence-electron chi connectivity index (χ1n) is 7.03. The second-order valence-corrected chi connectivity index (χ2v) is 5.53. The van der Waals surface area contributed by atoms with Crippen LogP contribution in [0.15, 0.2) is 0 Å². The first-order chi connectivity index (χ1) is 8.25. The lowest BCUT2D eigenvalue weighted by atomic mass is 9.94. The number of amides is 2. The average molecular weight is 239 g/mol. The van der Waals surface area contributed by atoms with E-state index in [1.807, 2.05) is 0 Å². The first-order valence-corrected chi connectivity index (χ1v) is 7.03. The summed E-state index contributed by atoms with van der Waals surface area (Å²) >= 11 is 0. The number of hydrogen-bond acceptors (Lipinski definition) is 2. The molecule has 2 fully saturated rings. The molecule has 1 heterocycles. The van der Waals surface area contributed by atoms with Crippen molar-refractivity contribution < 1.29 is 4.79 Å². The van der Waals surface area contributed by atoms with Gasteiger partial charge in [0.2, 0.25) is 0 Å². The normalized spacial score (nSPS) is 30.9. The van der Waals surface area contributed by atoms with Crippen LogP contribution in [0, 0.1) is 5.92 Å². The maximum Gasteiger partial charge on any atom is 0.315 e. The smallest absolute Gasteiger partial charge is 0.315 e. The van der Waals surface area contributed by atoms with Crippen molar-refractivity contribution in [2.24, 2.45) is 5.92 Å². The van der Waals surface area contributed by atoms with E-state index in [2.05, 4.69) is 22.9 Å². The Hall–Kier alpha value is -0.770. The van der Waals surface area contributed by atoms with Gasteiger partial charge in [-0.3, -0.25) is 0 Å². The largest absolute Gasteiger partial charge is 0.335 e. The summed E-state index contributed by atoms with van der Waals surface area (Å²) in [4.78, 5) is 11.9. The number of rotatable bonds is 2. The number of nitrogens with one attached hydrogen (secondary N) is 3. The van der Waals surface area contributed by atoms with Crippen LogP contribution in [0.5, 0.6) is 0 Å². The summed E-state index contributed by atoms with van der Waals surface area (Å²) in [6.45, 7) is 4.19. The summed E-state index contributed by atoms with van der Waals surface area (Å²) in [6, 6.07) is 0.709. The van der Waals surface area contributed by atoms with Gasteiger partial charge >= 0.3 is 6.03 Å². The Bertz CT molecular complexity index is 251. The molecule has 1 aliphatic carbocycles. The van der Waals surface area contributed by atoms with E-state index in [-0.39, 0.29) is 12.1 Å². The van der Waals surface area contributed by atoms with E-state index in [4.69, 9.17) is 0 Å². The molecular weight excluding hydrogens is 214 g/mol. The predicted molar refractivity (Wildman–Crippen MR) is 69.0 cm³/mol. The van der Waals surface area contributed by atoms with E-state index in [9.17, 15) is 4.79 Å². The lowest BCUT2D eigenvalue weighted by molar-refractivity contribution is 0.217. The van der Waals surface area contributed by atoms with Gasteiger partial charge in [0.25, 0.3) is 0 Å². The highest BCUT2D eigenvalue weighted by molar-refractivity contribution is 5.74. The van der Waals surface area contributed by atoms with Crippen molar-refractivity contribution in [3.05, 3.63) is 0 Å². The average Bonchev–Trinajstić information content (AvgIpc) is 2.33. The molecule has 0 aromatic rings. The molecule has 98 valence electrons. The van der Waals surface area contributed by atoms with Crippen molar-refractivity contribution in [3.8, 4) is 0 Å². The van der Waals surface area contributed by atoms with Gasteiger partial charge in [0.1, 0.15) is 0 Å². The Morgan fingerprint density at radius 3 is 2.59 bits per heavy atom. The molecule has 2 unspecified atom stereocenters. The van der Waals surface area contributed by atoms with Gasteiger partial charge in [-0.05, 0) is 31.7 Å². The Kier molecular flexibility index (Phi) is 4.66. The molecular formula is C13H25N3O. The number of urea groups is 1. The van der Waals surface area contributed by atoms with Gasteiger partial charge in [0, 0.05) is 18.6 Å². The fraction of sp³-hybridized carbons (Fsp3) is 0.923. The fourth-order valence-electron chi connectivity index (χ4n) is 2.83. The Morgan fingerprint density at radius 1 is 1.12 bits per heavy atom. The van der Waals surface area contributed by atoms with Crippen LogP contribution >= 0.6 is 0 Å². The molecule has 0 radical (unpaired) electrons. The van der Waals surface area contributed by atoms with Crippen LogP contribution in [0.4, 0.5) is 4.79 Å². The molecule has 3 N–H and O–H groups in total. The second kappa shape index (κ2) is 6.24. The highest BCUT2D eigenvalue weighted by Crippen LogP contribution is 2.17. The lowest BCUT2D eigenvalue weighted by Crippen LogP contribution is -2.54. The Labute approximate surface area is 104 Å². The van der Waals surface area contributed by atoms with Gasteiger partial charge in [-0.25, -0.2) is 4.79 Å². The van der Waals surface area contributed by atoms with Gasteiger partial charge in [0.05, 0.1) is 0 Å². The number of hydrogen-bond donors (Lipinski definition) is 3. The molecule has 0 aromatic heterocycles. The standard InChI is InChI=1S/C13H25N3O/c1-10-7-8-14-9-12(10)16-13(17)15-11-5-3-2-4-6-11/h10-12,14H,2-9H2,1H3,(H2,15,16,17). The van der Waals surface area contributed by atoms with Crippen LogP contribution in [-0.4, -0.2) is 31.2 Å². The maximum absolute atomic E-state index is 11.9. The minimum absolute atomic E-state index is 0.0254. The van der Waals surface area contributed by atoms with Gasteiger partial charge in [-0.15, -0.1) is 0 Å². The molecule has 4 nitrogen and oxygen atoms in total. The van der Waals surface area contributed by atoms with E-state index in [0.717, 1.165) is 32.4 Å². The molecule has 1 saturated carbocycles. The number of carbonyl (C=O) groups excluding carboxylic acids is 1. The molecule has 0 aromatic carbocycles. The zero-order valence-electron chi connectivity index (χ0n) is 10.8. The molecule has 0 spiro atoms. The number of carbonyl (C=O) groups is 1. The van der Waals surface area contributed by atoms with Crippen molar-refractivity contribution in [1.82, 2.24) is 16.0 Å². The van der Waals surface area contributed by atoms with Crippen LogP contribution < -0.4 is 16.0 Å². The van der Waals surface area contributed by atoms with E-state index in [0.29, 0.717) is 12.0 Å². The third-order valence-corrected chi connectivity index (χ3v) is 4.08. The van der Waals surface area contributed by atoms with Gasteiger partial charge in [-0.2, -0.15) is 0 Å². The molecule has 2 atom stereocenters. The van der Waals surface area contributed by atoms with Crippen LogP contribution in [0.2, 0.25) is 0 Å². The number of piperidine rings is 1. The molecule has 4 heteroatoms. The van der Waals surface area contributed by atoms with E-state index < -0.39 is 0 Å². The van der Waals surface area contributed by atoms with Crippen LogP contribution in [0.1, 0.15) is 45.4 Å². The summed E-state index contributed by atoms with van der Waals surface area (Å²) in [5.74, 6) is 0.577. The van der Waals surface area contributed by atoms with E-state index >= 15 is 0 Å². The molecule has 1 aliphatic heterocycles. The molecule has 0 bridgehead atoms. The summed E-state index contributed by atoms with van der Waals surface area (Å²) in [6.07, 6.45) is 7.27. The third kappa shape index (κ3) is 3.87. The lowest BCUT2D eigenvalue weighted by Gasteiger charge is -2.31.